The number of rotatable bonds is 3. The quantitative estimate of drug-likeness (QED) is 0.504. The molecule has 0 aliphatic carbocycles. The number of thiocarbonyl (C=S) groups is 1. The Morgan fingerprint density at radius 3 is 1.79 bits per heavy atom. The van der Waals surface area contributed by atoms with Crippen LogP contribution in [0.2, 0.25) is 0 Å². The van der Waals surface area contributed by atoms with Gasteiger partial charge in [0.05, 0.1) is 18.8 Å². The van der Waals surface area contributed by atoms with Crippen LogP contribution in [0.1, 0.15) is 27.7 Å². The lowest BCUT2D eigenvalue weighted by atomic mass is 10.1. The zero-order chi connectivity index (χ0) is 11.4. The van der Waals surface area contributed by atoms with E-state index in [9.17, 15) is 0 Å². The summed E-state index contributed by atoms with van der Waals surface area (Å²) >= 11 is 5.04. The fourth-order valence-corrected chi connectivity index (χ4v) is 1.33. The van der Waals surface area contributed by atoms with E-state index in [-0.39, 0.29) is 18.8 Å². The van der Waals surface area contributed by atoms with E-state index in [0.29, 0.717) is 5.11 Å². The Kier molecular flexibility index (Phi) is 4.77. The van der Waals surface area contributed by atoms with Crippen molar-refractivity contribution >= 4 is 17.3 Å². The minimum atomic E-state index is -0.769. The van der Waals surface area contributed by atoms with Gasteiger partial charge < -0.3 is 20.8 Å². The molecule has 0 fully saturated rings. The Labute approximate surface area is 90.7 Å². The highest BCUT2D eigenvalue weighted by Crippen LogP contribution is 2.03. The van der Waals surface area contributed by atoms with Crippen molar-refractivity contribution in [1.29, 1.82) is 0 Å². The molecule has 0 aliphatic heterocycles. The molecule has 14 heavy (non-hydrogen) atoms. The summed E-state index contributed by atoms with van der Waals surface area (Å²) in [6.45, 7) is 7.30. The van der Waals surface area contributed by atoms with Crippen molar-refractivity contribution in [2.24, 2.45) is 0 Å². The molecule has 0 saturated heterocycles. The van der Waals surface area contributed by atoms with Gasteiger partial charge >= 0.3 is 0 Å². The van der Waals surface area contributed by atoms with Gasteiger partial charge in [-0.15, -0.1) is 0 Å². The van der Waals surface area contributed by atoms with E-state index >= 15 is 0 Å². The van der Waals surface area contributed by atoms with Crippen LogP contribution in [0.15, 0.2) is 0 Å². The van der Waals surface area contributed by atoms with E-state index in [4.69, 9.17) is 22.4 Å². The Morgan fingerprint density at radius 2 is 1.50 bits per heavy atom. The normalized spacial score (nSPS) is 12.4. The Hall–Kier alpha value is -0.390. The summed E-state index contributed by atoms with van der Waals surface area (Å²) in [7, 11) is 0. The first kappa shape index (κ1) is 13.6. The second-order valence-electron chi connectivity index (χ2n) is 4.71. The Balaban J connectivity index is 4.18. The van der Waals surface area contributed by atoms with Crippen molar-refractivity contribution < 1.29 is 10.2 Å². The fraction of sp³-hybridized carbons (Fsp3) is 0.889. The molecule has 0 aromatic carbocycles. The number of hydrogen-bond acceptors (Lipinski definition) is 3. The third kappa shape index (κ3) is 5.36. The molecular formula is C9H20N2O2S. The van der Waals surface area contributed by atoms with E-state index in [1.807, 2.05) is 20.8 Å². The maximum absolute atomic E-state index is 9.02. The van der Waals surface area contributed by atoms with Crippen molar-refractivity contribution in [3.05, 3.63) is 0 Å². The van der Waals surface area contributed by atoms with Gasteiger partial charge in [-0.1, -0.05) is 0 Å². The molecule has 0 bridgehead atoms. The van der Waals surface area contributed by atoms with Crippen LogP contribution in [-0.2, 0) is 0 Å². The van der Waals surface area contributed by atoms with Crippen molar-refractivity contribution in [2.45, 2.75) is 38.8 Å². The molecule has 4 N–H and O–H groups in total. The van der Waals surface area contributed by atoms with Gasteiger partial charge in [0.1, 0.15) is 0 Å². The average molecular weight is 220 g/mol. The largest absolute Gasteiger partial charge is 0.394 e. The van der Waals surface area contributed by atoms with Crippen LogP contribution in [0.25, 0.3) is 0 Å². The Morgan fingerprint density at radius 1 is 1.07 bits per heavy atom. The lowest BCUT2D eigenvalue weighted by Crippen LogP contribution is -2.57. The van der Waals surface area contributed by atoms with Gasteiger partial charge in [-0.3, -0.25) is 0 Å². The van der Waals surface area contributed by atoms with Gasteiger partial charge in [-0.2, -0.15) is 0 Å². The monoisotopic (exact) mass is 220 g/mol. The lowest BCUT2D eigenvalue weighted by molar-refractivity contribution is 0.119. The molecule has 0 heterocycles. The summed E-state index contributed by atoms with van der Waals surface area (Å²) in [5.74, 6) is 0. The maximum Gasteiger partial charge on any atom is 0.167 e. The van der Waals surface area contributed by atoms with Gasteiger partial charge in [-0.25, -0.2) is 0 Å². The van der Waals surface area contributed by atoms with Crippen molar-refractivity contribution in [3.8, 4) is 0 Å². The molecule has 0 atom stereocenters. The summed E-state index contributed by atoms with van der Waals surface area (Å²) < 4.78 is 0. The summed E-state index contributed by atoms with van der Waals surface area (Å²) in [5.41, 5.74) is -0.898. The van der Waals surface area contributed by atoms with Crippen molar-refractivity contribution in [1.82, 2.24) is 10.6 Å². The fourth-order valence-electron chi connectivity index (χ4n) is 0.775. The smallest absolute Gasteiger partial charge is 0.167 e. The zero-order valence-corrected chi connectivity index (χ0v) is 10.0. The van der Waals surface area contributed by atoms with Gasteiger partial charge in [0, 0.05) is 5.54 Å². The first-order valence-corrected chi connectivity index (χ1v) is 4.95. The van der Waals surface area contributed by atoms with Crippen LogP contribution in [0.4, 0.5) is 0 Å². The van der Waals surface area contributed by atoms with Crippen LogP contribution in [-0.4, -0.2) is 39.6 Å². The van der Waals surface area contributed by atoms with Crippen LogP contribution in [0.5, 0.6) is 0 Å². The molecule has 0 rings (SSSR count). The molecule has 0 unspecified atom stereocenters. The van der Waals surface area contributed by atoms with Crippen LogP contribution < -0.4 is 10.6 Å². The predicted molar refractivity (Wildman–Crippen MR) is 61.2 cm³/mol. The maximum atomic E-state index is 9.02. The standard InChI is InChI=1S/C9H20N2O2S/c1-8(2,3)10-7(14)11-9(4,5-12)6-13/h12-13H,5-6H2,1-4H3,(H2,10,11,14). The zero-order valence-electron chi connectivity index (χ0n) is 9.22. The Bertz CT molecular complexity index is 197. The number of aliphatic hydroxyl groups is 2. The molecule has 0 aromatic heterocycles. The van der Waals surface area contributed by atoms with Gasteiger partial charge in [0.15, 0.2) is 5.11 Å². The SMILES string of the molecule is CC(C)(C)NC(=S)NC(C)(CO)CO. The van der Waals surface area contributed by atoms with Crippen LogP contribution in [0, 0.1) is 0 Å². The molecule has 0 aromatic rings. The van der Waals surface area contributed by atoms with Gasteiger partial charge in [0.25, 0.3) is 0 Å². The first-order chi connectivity index (χ1) is 6.22. The highest BCUT2D eigenvalue weighted by atomic mass is 32.1. The van der Waals surface area contributed by atoms with E-state index in [1.165, 1.54) is 0 Å². The molecule has 0 aliphatic rings. The van der Waals surface area contributed by atoms with E-state index in [0.717, 1.165) is 0 Å². The third-order valence-electron chi connectivity index (χ3n) is 1.60. The minimum Gasteiger partial charge on any atom is -0.394 e. The number of nitrogens with one attached hydrogen (secondary N) is 2. The molecule has 84 valence electrons. The third-order valence-corrected chi connectivity index (χ3v) is 1.81. The highest BCUT2D eigenvalue weighted by molar-refractivity contribution is 7.80. The van der Waals surface area contributed by atoms with E-state index < -0.39 is 5.54 Å². The molecule has 0 amide bonds. The summed E-state index contributed by atoms with van der Waals surface area (Å²) in [6, 6.07) is 0. The highest BCUT2D eigenvalue weighted by Gasteiger charge is 2.24. The topological polar surface area (TPSA) is 64.5 Å². The summed E-state index contributed by atoms with van der Waals surface area (Å²) in [6.07, 6.45) is 0. The second-order valence-corrected chi connectivity index (χ2v) is 5.11. The van der Waals surface area contributed by atoms with Crippen LogP contribution >= 0.6 is 12.2 Å². The van der Waals surface area contributed by atoms with Crippen molar-refractivity contribution in [3.63, 3.8) is 0 Å². The molecule has 0 saturated carbocycles. The van der Waals surface area contributed by atoms with Crippen LogP contribution in [0.3, 0.4) is 0 Å². The number of hydrogen-bond donors (Lipinski definition) is 4. The van der Waals surface area contributed by atoms with E-state index in [1.54, 1.807) is 6.92 Å². The van der Waals surface area contributed by atoms with Gasteiger partial charge in [0.2, 0.25) is 0 Å². The predicted octanol–water partition coefficient (Wildman–Crippen LogP) is -0.00770. The summed E-state index contributed by atoms with van der Waals surface area (Å²) in [5, 5.41) is 24.4. The molecule has 0 radical (unpaired) electrons. The molecular weight excluding hydrogens is 200 g/mol. The summed E-state index contributed by atoms with van der Waals surface area (Å²) in [4.78, 5) is 0. The van der Waals surface area contributed by atoms with Gasteiger partial charge in [-0.05, 0) is 39.9 Å². The van der Waals surface area contributed by atoms with E-state index in [2.05, 4.69) is 10.6 Å². The molecule has 4 nitrogen and oxygen atoms in total. The first-order valence-electron chi connectivity index (χ1n) is 4.54. The second kappa shape index (κ2) is 4.91. The molecule has 0 spiro atoms. The molecule has 5 heteroatoms. The lowest BCUT2D eigenvalue weighted by Gasteiger charge is -2.31. The number of aliphatic hydroxyl groups excluding tert-OH is 2. The minimum absolute atomic E-state index is 0.129. The van der Waals surface area contributed by atoms with Crippen molar-refractivity contribution in [2.75, 3.05) is 13.2 Å². The average Bonchev–Trinajstić information content (AvgIpc) is 2.00.